The number of pyridine rings is 1. The van der Waals surface area contributed by atoms with E-state index < -0.39 is 10.0 Å². The molecule has 0 saturated carbocycles. The second-order valence-electron chi connectivity index (χ2n) is 7.07. The third-order valence-electron chi connectivity index (χ3n) is 5.21. The molecule has 0 radical (unpaired) electrons. The van der Waals surface area contributed by atoms with Crippen LogP contribution >= 0.6 is 11.8 Å². The third-order valence-corrected chi connectivity index (χ3v) is 8.13. The van der Waals surface area contributed by atoms with E-state index in [2.05, 4.69) is 11.1 Å². The molecular formula is C20H23N3O3S2. The van der Waals surface area contributed by atoms with E-state index >= 15 is 0 Å². The quantitative estimate of drug-likeness (QED) is 0.700. The van der Waals surface area contributed by atoms with Gasteiger partial charge in [-0.15, -0.1) is 0 Å². The van der Waals surface area contributed by atoms with Gasteiger partial charge in [0.25, 0.3) is 0 Å². The van der Waals surface area contributed by atoms with E-state index in [4.69, 9.17) is 0 Å². The van der Waals surface area contributed by atoms with Crippen LogP contribution in [-0.2, 0) is 21.2 Å². The highest BCUT2D eigenvalue weighted by atomic mass is 32.2. The molecule has 6 nitrogen and oxygen atoms in total. The zero-order valence-corrected chi connectivity index (χ0v) is 17.4. The average molecular weight is 418 g/mol. The SMILES string of the molecule is C[C@H](Sc1ccc(S(=O)(=O)N2CCCC2)cn1)C(=O)N1CCc2ccccc21. The van der Waals surface area contributed by atoms with E-state index in [0.29, 0.717) is 24.7 Å². The predicted octanol–water partition coefficient (Wildman–Crippen LogP) is 2.94. The number of carbonyl (C=O) groups is 1. The van der Waals surface area contributed by atoms with E-state index in [1.165, 1.54) is 27.8 Å². The summed E-state index contributed by atoms with van der Waals surface area (Å²) in [7, 11) is -3.46. The summed E-state index contributed by atoms with van der Waals surface area (Å²) in [6, 6.07) is 11.3. The number of rotatable bonds is 5. The number of aromatic nitrogens is 1. The Morgan fingerprint density at radius 1 is 1.11 bits per heavy atom. The van der Waals surface area contributed by atoms with Crippen LogP contribution in [0.15, 0.2) is 52.5 Å². The van der Waals surface area contributed by atoms with E-state index in [1.807, 2.05) is 30.0 Å². The standard InChI is InChI=1S/C20H23N3O3S2/c1-15(20(24)23-13-10-16-6-2-3-7-18(16)23)27-19-9-8-17(14-21-19)28(25,26)22-11-4-5-12-22/h2-3,6-9,14-15H,4-5,10-13H2,1H3/t15-/m0/s1. The molecule has 1 atom stereocenters. The Balaban J connectivity index is 1.44. The number of thioether (sulfide) groups is 1. The van der Waals surface area contributed by atoms with Gasteiger partial charge in [0, 0.05) is 31.5 Å². The molecule has 0 N–H and O–H groups in total. The van der Waals surface area contributed by atoms with Gasteiger partial charge in [0.15, 0.2) is 0 Å². The molecule has 0 bridgehead atoms. The molecule has 2 aliphatic heterocycles. The molecule has 1 amide bonds. The summed E-state index contributed by atoms with van der Waals surface area (Å²) >= 11 is 1.35. The normalized spacial score (nSPS) is 18.2. The molecular weight excluding hydrogens is 394 g/mol. The van der Waals surface area contributed by atoms with Gasteiger partial charge >= 0.3 is 0 Å². The second-order valence-corrected chi connectivity index (χ2v) is 10.4. The van der Waals surface area contributed by atoms with Gasteiger partial charge in [-0.25, -0.2) is 13.4 Å². The number of hydrogen-bond donors (Lipinski definition) is 0. The number of nitrogens with zero attached hydrogens (tertiary/aromatic N) is 3. The summed E-state index contributed by atoms with van der Waals surface area (Å²) in [5, 5.41) is 0.341. The van der Waals surface area contributed by atoms with Crippen LogP contribution < -0.4 is 4.90 Å². The molecule has 28 heavy (non-hydrogen) atoms. The van der Waals surface area contributed by atoms with E-state index in [1.54, 1.807) is 12.1 Å². The molecule has 0 spiro atoms. The number of para-hydroxylation sites is 1. The average Bonchev–Trinajstić information content (AvgIpc) is 3.38. The van der Waals surface area contributed by atoms with Gasteiger partial charge in [0.1, 0.15) is 4.90 Å². The van der Waals surface area contributed by atoms with E-state index in [-0.39, 0.29) is 16.1 Å². The lowest BCUT2D eigenvalue weighted by molar-refractivity contribution is -0.117. The number of hydrogen-bond acceptors (Lipinski definition) is 5. The van der Waals surface area contributed by atoms with Crippen molar-refractivity contribution in [2.24, 2.45) is 0 Å². The molecule has 0 aliphatic carbocycles. The lowest BCUT2D eigenvalue weighted by Crippen LogP contribution is -2.35. The predicted molar refractivity (Wildman–Crippen MR) is 110 cm³/mol. The number of anilines is 1. The second kappa shape index (κ2) is 7.85. The van der Waals surface area contributed by atoms with Gasteiger partial charge < -0.3 is 4.90 Å². The number of sulfonamides is 1. The molecule has 3 heterocycles. The fraction of sp³-hybridized carbons (Fsp3) is 0.400. The molecule has 1 fully saturated rings. The molecule has 0 unspecified atom stereocenters. The van der Waals surface area contributed by atoms with Gasteiger partial charge in [0.05, 0.1) is 10.3 Å². The molecule has 148 valence electrons. The van der Waals surface area contributed by atoms with Crippen molar-refractivity contribution in [1.82, 2.24) is 9.29 Å². The first-order chi connectivity index (χ1) is 13.5. The van der Waals surface area contributed by atoms with Crippen LogP contribution in [0.3, 0.4) is 0 Å². The number of carbonyl (C=O) groups excluding carboxylic acids is 1. The third kappa shape index (κ3) is 3.68. The van der Waals surface area contributed by atoms with Crippen LogP contribution in [0.4, 0.5) is 5.69 Å². The molecule has 2 aromatic rings. The van der Waals surface area contributed by atoms with Crippen molar-refractivity contribution in [3.63, 3.8) is 0 Å². The Labute approximate surface area is 170 Å². The van der Waals surface area contributed by atoms with E-state index in [9.17, 15) is 13.2 Å². The molecule has 1 aromatic carbocycles. The number of benzene rings is 1. The molecule has 1 aromatic heterocycles. The lowest BCUT2D eigenvalue weighted by Gasteiger charge is -2.21. The van der Waals surface area contributed by atoms with Crippen LogP contribution in [0, 0.1) is 0 Å². The number of fused-ring (bicyclic) bond motifs is 1. The van der Waals surface area contributed by atoms with Crippen molar-refractivity contribution < 1.29 is 13.2 Å². The molecule has 2 aliphatic rings. The molecule has 1 saturated heterocycles. The Morgan fingerprint density at radius 2 is 1.86 bits per heavy atom. The summed E-state index contributed by atoms with van der Waals surface area (Å²) in [5.74, 6) is 0.0468. The van der Waals surface area contributed by atoms with Crippen LogP contribution in [0.5, 0.6) is 0 Å². The summed E-state index contributed by atoms with van der Waals surface area (Å²) in [6.07, 6.45) is 4.08. The van der Waals surface area contributed by atoms with Crippen molar-refractivity contribution in [1.29, 1.82) is 0 Å². The molecule has 4 rings (SSSR count). The van der Waals surface area contributed by atoms with Crippen LogP contribution in [-0.4, -0.2) is 48.5 Å². The van der Waals surface area contributed by atoms with Crippen molar-refractivity contribution in [3.05, 3.63) is 48.2 Å². The van der Waals surface area contributed by atoms with Gasteiger partial charge in [-0.3, -0.25) is 4.79 Å². The number of amides is 1. The summed E-state index contributed by atoms with van der Waals surface area (Å²) in [6.45, 7) is 3.71. The topological polar surface area (TPSA) is 70.6 Å². The zero-order valence-electron chi connectivity index (χ0n) is 15.7. The minimum atomic E-state index is -3.46. The largest absolute Gasteiger partial charge is 0.311 e. The van der Waals surface area contributed by atoms with Crippen molar-refractivity contribution in [2.75, 3.05) is 24.5 Å². The first kappa shape index (κ1) is 19.4. The minimum Gasteiger partial charge on any atom is -0.311 e. The highest BCUT2D eigenvalue weighted by Gasteiger charge is 2.29. The summed E-state index contributed by atoms with van der Waals surface area (Å²) in [5.41, 5.74) is 2.18. The maximum atomic E-state index is 12.9. The van der Waals surface area contributed by atoms with Crippen LogP contribution in [0.25, 0.3) is 0 Å². The van der Waals surface area contributed by atoms with Crippen LogP contribution in [0.1, 0.15) is 25.3 Å². The van der Waals surface area contributed by atoms with Crippen molar-refractivity contribution in [3.8, 4) is 0 Å². The Kier molecular flexibility index (Phi) is 5.44. The first-order valence-corrected chi connectivity index (χ1v) is 11.8. The highest BCUT2D eigenvalue weighted by Crippen LogP contribution is 2.31. The van der Waals surface area contributed by atoms with Gasteiger partial charge in [-0.1, -0.05) is 30.0 Å². The first-order valence-electron chi connectivity index (χ1n) is 9.49. The van der Waals surface area contributed by atoms with Crippen molar-refractivity contribution >= 4 is 33.4 Å². The van der Waals surface area contributed by atoms with Crippen LogP contribution in [0.2, 0.25) is 0 Å². The smallest absolute Gasteiger partial charge is 0.244 e. The Hall–Kier alpha value is -1.90. The lowest BCUT2D eigenvalue weighted by atomic mass is 10.2. The fourth-order valence-electron chi connectivity index (χ4n) is 3.68. The van der Waals surface area contributed by atoms with Gasteiger partial charge in [-0.2, -0.15) is 4.31 Å². The van der Waals surface area contributed by atoms with Gasteiger partial charge in [-0.05, 0) is 49.9 Å². The fourth-order valence-corrected chi connectivity index (χ4v) is 6.00. The highest BCUT2D eigenvalue weighted by molar-refractivity contribution is 8.00. The minimum absolute atomic E-state index is 0.0468. The molecule has 8 heteroatoms. The monoisotopic (exact) mass is 417 g/mol. The summed E-state index contributed by atoms with van der Waals surface area (Å²) < 4.78 is 26.7. The summed E-state index contributed by atoms with van der Waals surface area (Å²) in [4.78, 5) is 19.2. The van der Waals surface area contributed by atoms with Crippen molar-refractivity contribution in [2.45, 2.75) is 41.4 Å². The van der Waals surface area contributed by atoms with Gasteiger partial charge in [0.2, 0.25) is 15.9 Å². The van der Waals surface area contributed by atoms with E-state index in [0.717, 1.165) is 24.9 Å². The Bertz CT molecular complexity index is 970. The Morgan fingerprint density at radius 3 is 2.57 bits per heavy atom. The zero-order chi connectivity index (χ0) is 19.7. The maximum absolute atomic E-state index is 12.9. The maximum Gasteiger partial charge on any atom is 0.244 e.